The number of allylic oxidation sites excluding steroid dienone is 2. The summed E-state index contributed by atoms with van der Waals surface area (Å²) in [4.78, 5) is 11.2. The first-order valence-corrected chi connectivity index (χ1v) is 7.82. The molecule has 0 saturated heterocycles. The van der Waals surface area contributed by atoms with Gasteiger partial charge in [-0.1, -0.05) is 46.9 Å². The number of amides is 1. The highest BCUT2D eigenvalue weighted by Gasteiger charge is 2.08. The molecule has 0 aromatic carbocycles. The molecule has 4 heteroatoms. The van der Waals surface area contributed by atoms with Crippen LogP contribution in [0.2, 0.25) is 0 Å². The number of unbranched alkanes of at least 4 members (excludes halogenated alkanes) is 2. The molecule has 0 heterocycles. The summed E-state index contributed by atoms with van der Waals surface area (Å²) in [5.41, 5.74) is 2.79. The van der Waals surface area contributed by atoms with Crippen LogP contribution in [0, 0.1) is 23.7 Å². The largest absolute Gasteiger partial charge is 0.354 e. The van der Waals surface area contributed by atoms with Gasteiger partial charge < -0.3 is 5.32 Å². The molecule has 2 nitrogen and oxygen atoms in total. The zero-order valence-corrected chi connectivity index (χ0v) is 13.8. The molecule has 1 N–H and O–H groups in total. The first-order chi connectivity index (χ1) is 10.2. The van der Waals surface area contributed by atoms with Crippen molar-refractivity contribution in [1.82, 2.24) is 5.32 Å². The second-order valence-corrected chi connectivity index (χ2v) is 4.91. The van der Waals surface area contributed by atoms with Crippen molar-refractivity contribution in [2.24, 2.45) is 0 Å². The Labute approximate surface area is 138 Å². The van der Waals surface area contributed by atoms with Gasteiger partial charge in [-0.05, 0) is 37.8 Å². The molecule has 0 rings (SSSR count). The van der Waals surface area contributed by atoms with Gasteiger partial charge in [-0.25, -0.2) is 0 Å². The second kappa shape index (κ2) is 15.0. The number of hydrogen-bond donors (Lipinski definition) is 1. The van der Waals surface area contributed by atoms with E-state index in [1.807, 2.05) is 0 Å². The lowest BCUT2D eigenvalue weighted by Crippen LogP contribution is -2.32. The summed E-state index contributed by atoms with van der Waals surface area (Å²) in [5.74, 6) is 11.7. The predicted molar refractivity (Wildman–Crippen MR) is 90.8 cm³/mol. The third-order valence-corrected chi connectivity index (χ3v) is 2.86. The van der Waals surface area contributed by atoms with E-state index in [1.165, 1.54) is 11.1 Å². The van der Waals surface area contributed by atoms with E-state index < -0.39 is 0 Å². The van der Waals surface area contributed by atoms with Gasteiger partial charge >= 0.3 is 0 Å². The molecule has 0 aromatic heterocycles. The maximum Gasteiger partial charge on any atom is 0.217 e. The van der Waals surface area contributed by atoms with Gasteiger partial charge in [0, 0.05) is 36.9 Å². The molecule has 0 aliphatic carbocycles. The lowest BCUT2D eigenvalue weighted by atomic mass is 10.0. The fourth-order valence-corrected chi connectivity index (χ4v) is 1.90. The van der Waals surface area contributed by atoms with Crippen LogP contribution >= 0.6 is 23.2 Å². The summed E-state index contributed by atoms with van der Waals surface area (Å²) in [6, 6.07) is 0.193. The molecule has 21 heavy (non-hydrogen) atoms. The summed E-state index contributed by atoms with van der Waals surface area (Å²) < 4.78 is 0. The van der Waals surface area contributed by atoms with Crippen molar-refractivity contribution in [3.05, 3.63) is 23.2 Å². The van der Waals surface area contributed by atoms with E-state index in [1.54, 1.807) is 19.1 Å². The Hall–Kier alpha value is -1.35. The summed E-state index contributed by atoms with van der Waals surface area (Å²) in [5, 5.41) is 2.98. The summed E-state index contributed by atoms with van der Waals surface area (Å²) >= 11 is 10.7. The van der Waals surface area contributed by atoms with Gasteiger partial charge in [0.25, 0.3) is 0 Å². The molecule has 1 amide bonds. The molecule has 0 radical (unpaired) electrons. The van der Waals surface area contributed by atoms with Crippen molar-refractivity contribution in [1.29, 1.82) is 0 Å². The topological polar surface area (TPSA) is 29.1 Å². The Morgan fingerprint density at radius 3 is 1.90 bits per heavy atom. The predicted octanol–water partition coefficient (Wildman–Crippen LogP) is 4.34. The van der Waals surface area contributed by atoms with Crippen LogP contribution in [0.5, 0.6) is 0 Å². The Morgan fingerprint density at radius 1 is 1.05 bits per heavy atom. The molecule has 1 unspecified atom stereocenters. The normalized spacial score (nSPS) is 11.6. The minimum absolute atomic E-state index is 0.00677. The highest BCUT2D eigenvalue weighted by atomic mass is 35.5. The summed E-state index contributed by atoms with van der Waals surface area (Å²) in [6.07, 6.45) is 8.59. The SMILES string of the molecule is CC(=O)NC(CCCC#C/C=C\Cl)CCCC#C/C=C/Cl. The van der Waals surface area contributed by atoms with E-state index in [0.29, 0.717) is 0 Å². The first kappa shape index (κ1) is 19.7. The van der Waals surface area contributed by atoms with Crippen molar-refractivity contribution < 1.29 is 4.79 Å². The van der Waals surface area contributed by atoms with Gasteiger partial charge in [0.1, 0.15) is 0 Å². The Kier molecular flexibility index (Phi) is 14.1. The van der Waals surface area contributed by atoms with Crippen molar-refractivity contribution in [2.75, 3.05) is 0 Å². The lowest BCUT2D eigenvalue weighted by Gasteiger charge is -2.16. The van der Waals surface area contributed by atoms with E-state index in [2.05, 4.69) is 29.0 Å². The molecule has 0 aromatic rings. The fraction of sp³-hybridized carbons (Fsp3) is 0.471. The van der Waals surface area contributed by atoms with E-state index in [4.69, 9.17) is 23.2 Å². The monoisotopic (exact) mass is 325 g/mol. The van der Waals surface area contributed by atoms with Crippen LogP contribution < -0.4 is 5.32 Å². The molecule has 0 aliphatic heterocycles. The smallest absolute Gasteiger partial charge is 0.217 e. The molecule has 0 spiro atoms. The van der Waals surface area contributed by atoms with Gasteiger partial charge in [-0.2, -0.15) is 0 Å². The maximum absolute atomic E-state index is 11.2. The highest BCUT2D eigenvalue weighted by molar-refractivity contribution is 6.25. The average molecular weight is 326 g/mol. The van der Waals surface area contributed by atoms with E-state index in [0.717, 1.165) is 38.5 Å². The molecular formula is C17H21Cl2NO. The fourth-order valence-electron chi connectivity index (χ4n) is 1.78. The van der Waals surface area contributed by atoms with Crippen LogP contribution in [-0.4, -0.2) is 11.9 Å². The van der Waals surface area contributed by atoms with Gasteiger partial charge in [-0.3, -0.25) is 4.79 Å². The number of rotatable bonds is 7. The summed E-state index contributed by atoms with van der Waals surface area (Å²) in [6.45, 7) is 1.54. The molecule has 0 fully saturated rings. The zero-order valence-electron chi connectivity index (χ0n) is 12.3. The molecule has 0 aliphatic rings. The van der Waals surface area contributed by atoms with Gasteiger partial charge in [0.05, 0.1) is 0 Å². The molecular weight excluding hydrogens is 305 g/mol. The number of carbonyl (C=O) groups excluding carboxylic acids is 1. The Balaban J connectivity index is 4.01. The van der Waals surface area contributed by atoms with Gasteiger partial charge in [0.2, 0.25) is 5.91 Å². The van der Waals surface area contributed by atoms with Crippen molar-refractivity contribution in [3.8, 4) is 23.7 Å². The van der Waals surface area contributed by atoms with Crippen molar-refractivity contribution in [3.63, 3.8) is 0 Å². The highest BCUT2D eigenvalue weighted by Crippen LogP contribution is 2.08. The maximum atomic E-state index is 11.2. The van der Waals surface area contributed by atoms with Crippen LogP contribution in [-0.2, 0) is 4.79 Å². The Bertz CT molecular complexity index is 425. The molecule has 0 saturated carbocycles. The third-order valence-electron chi connectivity index (χ3n) is 2.61. The number of carbonyl (C=O) groups is 1. The van der Waals surface area contributed by atoms with E-state index in [-0.39, 0.29) is 11.9 Å². The summed E-state index contributed by atoms with van der Waals surface area (Å²) in [7, 11) is 0. The lowest BCUT2D eigenvalue weighted by molar-refractivity contribution is -0.119. The van der Waals surface area contributed by atoms with E-state index >= 15 is 0 Å². The van der Waals surface area contributed by atoms with Gasteiger partial charge in [-0.15, -0.1) is 0 Å². The molecule has 1 atom stereocenters. The number of hydrogen-bond acceptors (Lipinski definition) is 1. The average Bonchev–Trinajstić information content (AvgIpc) is 2.45. The van der Waals surface area contributed by atoms with Crippen LogP contribution in [0.25, 0.3) is 0 Å². The molecule has 114 valence electrons. The zero-order chi connectivity index (χ0) is 15.8. The minimum Gasteiger partial charge on any atom is -0.354 e. The van der Waals surface area contributed by atoms with Gasteiger partial charge in [0.15, 0.2) is 0 Å². The van der Waals surface area contributed by atoms with Crippen LogP contribution in [0.4, 0.5) is 0 Å². The first-order valence-electron chi connectivity index (χ1n) is 6.95. The number of nitrogens with one attached hydrogen (secondary N) is 1. The third kappa shape index (κ3) is 14.9. The van der Waals surface area contributed by atoms with Crippen LogP contribution in [0.3, 0.4) is 0 Å². The van der Waals surface area contributed by atoms with Crippen molar-refractivity contribution >= 4 is 29.1 Å². The quantitative estimate of drug-likeness (QED) is 0.547. The molecule has 0 bridgehead atoms. The van der Waals surface area contributed by atoms with E-state index in [9.17, 15) is 4.79 Å². The minimum atomic E-state index is 0.00677. The van der Waals surface area contributed by atoms with Crippen LogP contribution in [0.1, 0.15) is 45.4 Å². The van der Waals surface area contributed by atoms with Crippen LogP contribution in [0.15, 0.2) is 23.2 Å². The Morgan fingerprint density at radius 2 is 1.52 bits per heavy atom. The number of halogens is 2. The second-order valence-electron chi connectivity index (χ2n) is 4.41. The van der Waals surface area contributed by atoms with Crippen molar-refractivity contribution in [2.45, 2.75) is 51.5 Å². The standard InChI is InChI=1S/C17H21Cl2NO/c1-16(21)20-17(12-8-4-2-6-10-14-18)13-9-5-3-7-11-15-19/h10-11,14-15,17H,4-5,8-9,12-13H2,1H3,(H,20,21)/b14-10-,15-11+.